The molecule has 4 heteroatoms. The summed E-state index contributed by atoms with van der Waals surface area (Å²) in [6.45, 7) is 4.06. The lowest BCUT2D eigenvalue weighted by Crippen LogP contribution is -2.10. The minimum Gasteiger partial charge on any atom is -0.508 e. The summed E-state index contributed by atoms with van der Waals surface area (Å²) in [4.78, 5) is 9.69. The lowest BCUT2D eigenvalue weighted by Gasteiger charge is -2.23. The van der Waals surface area contributed by atoms with Gasteiger partial charge in [-0.25, -0.2) is 9.97 Å². The van der Waals surface area contributed by atoms with Crippen LogP contribution in [0.1, 0.15) is 43.9 Å². The van der Waals surface area contributed by atoms with Gasteiger partial charge in [-0.1, -0.05) is 31.9 Å². The zero-order valence-corrected chi connectivity index (χ0v) is 15.1. The van der Waals surface area contributed by atoms with Gasteiger partial charge in [-0.3, -0.25) is 0 Å². The molecule has 1 N–H and O–H groups in total. The van der Waals surface area contributed by atoms with E-state index in [-0.39, 0.29) is 5.75 Å². The molecule has 0 atom stereocenters. The number of hydrogen-bond acceptors (Lipinski definition) is 4. The molecule has 1 aliphatic rings. The van der Waals surface area contributed by atoms with Crippen LogP contribution in [0.15, 0.2) is 42.5 Å². The van der Waals surface area contributed by atoms with E-state index in [2.05, 4.69) is 13.0 Å². The second-order valence-electron chi connectivity index (χ2n) is 6.66. The third kappa shape index (κ3) is 2.81. The van der Waals surface area contributed by atoms with Gasteiger partial charge in [-0.2, -0.15) is 0 Å². The second-order valence-corrected chi connectivity index (χ2v) is 6.66. The van der Waals surface area contributed by atoms with E-state index >= 15 is 0 Å². The molecular weight excluding hydrogens is 324 g/mol. The van der Waals surface area contributed by atoms with Gasteiger partial charge in [0.1, 0.15) is 22.9 Å². The number of hydrogen-bond donors (Lipinski definition) is 1. The monoisotopic (exact) mass is 346 g/mol. The van der Waals surface area contributed by atoms with Crippen LogP contribution in [0.3, 0.4) is 0 Å². The summed E-state index contributed by atoms with van der Waals surface area (Å²) < 4.78 is 6.20. The van der Waals surface area contributed by atoms with Crippen LogP contribution in [-0.4, -0.2) is 15.1 Å². The van der Waals surface area contributed by atoms with Crippen molar-refractivity contribution in [2.75, 3.05) is 0 Å². The number of ether oxygens (including phenoxy) is 1. The zero-order chi connectivity index (χ0) is 18.1. The Balaban J connectivity index is 1.90. The average Bonchev–Trinajstić information content (AvgIpc) is 2.67. The van der Waals surface area contributed by atoms with Crippen molar-refractivity contribution in [3.05, 3.63) is 53.7 Å². The first-order valence-corrected chi connectivity index (χ1v) is 9.17. The number of aromatic nitrogens is 2. The number of phenolic OH excluding ortho intramolecular Hbond substituents is 1. The van der Waals surface area contributed by atoms with Gasteiger partial charge in [0.2, 0.25) is 0 Å². The van der Waals surface area contributed by atoms with Crippen molar-refractivity contribution in [3.8, 4) is 22.8 Å². The Morgan fingerprint density at radius 2 is 1.73 bits per heavy atom. The zero-order valence-electron chi connectivity index (χ0n) is 15.1. The number of rotatable bonds is 4. The van der Waals surface area contributed by atoms with Crippen LogP contribution in [0.2, 0.25) is 0 Å². The first-order valence-electron chi connectivity index (χ1n) is 9.17. The van der Waals surface area contributed by atoms with Crippen molar-refractivity contribution >= 4 is 16.8 Å². The van der Waals surface area contributed by atoms with Gasteiger partial charge in [-0.05, 0) is 50.1 Å². The molecule has 0 amide bonds. The van der Waals surface area contributed by atoms with Crippen molar-refractivity contribution < 1.29 is 9.84 Å². The molecule has 3 aromatic rings. The molecule has 0 radical (unpaired) electrons. The Morgan fingerprint density at radius 1 is 1.00 bits per heavy atom. The summed E-state index contributed by atoms with van der Waals surface area (Å²) in [6.07, 6.45) is 6.53. The molecule has 0 spiro atoms. The number of phenols is 1. The molecule has 26 heavy (non-hydrogen) atoms. The smallest absolute Gasteiger partial charge is 0.151 e. The van der Waals surface area contributed by atoms with Crippen LogP contribution in [0, 0.1) is 6.92 Å². The molecule has 132 valence electrons. The normalized spacial score (nSPS) is 14.2. The first-order chi connectivity index (χ1) is 12.7. The number of nitrogens with zero attached hydrogens (tertiary/aromatic N) is 2. The summed E-state index contributed by atoms with van der Waals surface area (Å²) in [7, 11) is 0. The summed E-state index contributed by atoms with van der Waals surface area (Å²) >= 11 is 0. The summed E-state index contributed by atoms with van der Waals surface area (Å²) in [5.74, 6) is 1.63. The Kier molecular flexibility index (Phi) is 4.33. The van der Waals surface area contributed by atoms with Crippen LogP contribution < -0.4 is 4.74 Å². The Morgan fingerprint density at radius 3 is 2.46 bits per heavy atom. The number of para-hydroxylation sites is 2. The maximum atomic E-state index is 10.1. The Hall–Kier alpha value is -2.88. The predicted molar refractivity (Wildman–Crippen MR) is 104 cm³/mol. The molecule has 0 bridgehead atoms. The van der Waals surface area contributed by atoms with Crippen molar-refractivity contribution in [1.29, 1.82) is 0 Å². The molecule has 2 heterocycles. The molecular formula is C22H22N2O2. The number of fused-ring (bicyclic) bond motifs is 4. The van der Waals surface area contributed by atoms with E-state index in [1.54, 1.807) is 6.07 Å². The lowest BCUT2D eigenvalue weighted by atomic mass is 9.99. The summed E-state index contributed by atoms with van der Waals surface area (Å²) in [5.41, 5.74) is 4.90. The van der Waals surface area contributed by atoms with Gasteiger partial charge in [0, 0.05) is 11.1 Å². The number of aromatic hydroxyl groups is 1. The SMILES string of the molecule is CCCCC/C=C1\Oc2c(ccc(O)c2C)-c2nc3ccccc3nc21. The lowest BCUT2D eigenvalue weighted by molar-refractivity contribution is 0.455. The molecule has 4 rings (SSSR count). The highest BCUT2D eigenvalue weighted by atomic mass is 16.5. The van der Waals surface area contributed by atoms with Crippen molar-refractivity contribution in [1.82, 2.24) is 9.97 Å². The Labute approximate surface area is 153 Å². The maximum Gasteiger partial charge on any atom is 0.151 e. The van der Waals surface area contributed by atoms with Crippen LogP contribution in [0.5, 0.6) is 11.5 Å². The van der Waals surface area contributed by atoms with Gasteiger partial charge in [0.05, 0.1) is 11.0 Å². The second kappa shape index (κ2) is 6.79. The van der Waals surface area contributed by atoms with Gasteiger partial charge in [0.25, 0.3) is 0 Å². The van der Waals surface area contributed by atoms with E-state index in [0.29, 0.717) is 5.75 Å². The van der Waals surface area contributed by atoms with Crippen LogP contribution >= 0.6 is 0 Å². The van der Waals surface area contributed by atoms with Crippen molar-refractivity contribution in [3.63, 3.8) is 0 Å². The van der Waals surface area contributed by atoms with Gasteiger partial charge in [-0.15, -0.1) is 0 Å². The van der Waals surface area contributed by atoms with E-state index in [1.807, 2.05) is 37.3 Å². The fourth-order valence-corrected chi connectivity index (χ4v) is 3.28. The molecule has 0 saturated carbocycles. The molecule has 4 nitrogen and oxygen atoms in total. The molecule has 2 aromatic carbocycles. The molecule has 1 aromatic heterocycles. The maximum absolute atomic E-state index is 10.1. The number of benzene rings is 2. The number of allylic oxidation sites excluding steroid dienone is 1. The average molecular weight is 346 g/mol. The molecule has 0 fully saturated rings. The van der Waals surface area contributed by atoms with Crippen LogP contribution in [0.25, 0.3) is 28.0 Å². The van der Waals surface area contributed by atoms with Gasteiger partial charge >= 0.3 is 0 Å². The van der Waals surface area contributed by atoms with E-state index < -0.39 is 0 Å². The van der Waals surface area contributed by atoms with Crippen molar-refractivity contribution in [2.45, 2.75) is 39.5 Å². The van der Waals surface area contributed by atoms with Crippen LogP contribution in [-0.2, 0) is 0 Å². The highest BCUT2D eigenvalue weighted by Gasteiger charge is 2.27. The molecule has 0 saturated heterocycles. The van der Waals surface area contributed by atoms with E-state index in [4.69, 9.17) is 14.7 Å². The third-order valence-corrected chi connectivity index (χ3v) is 4.79. The highest BCUT2D eigenvalue weighted by molar-refractivity contribution is 5.89. The van der Waals surface area contributed by atoms with Gasteiger partial charge in [0.15, 0.2) is 5.76 Å². The minimum absolute atomic E-state index is 0.228. The predicted octanol–water partition coefficient (Wildman–Crippen LogP) is 5.62. The fourth-order valence-electron chi connectivity index (χ4n) is 3.28. The summed E-state index contributed by atoms with van der Waals surface area (Å²) in [6, 6.07) is 11.4. The third-order valence-electron chi connectivity index (χ3n) is 4.79. The standard InChI is InChI=1S/C22H22N2O2/c1-3-4-5-6-11-19-21-20(23-16-9-7-8-10-17(16)24-21)15-12-13-18(25)14(2)22(15)26-19/h7-13,25H,3-6H2,1-2H3/b19-11-. The molecule has 0 unspecified atom stereocenters. The quantitative estimate of drug-likeness (QED) is 0.623. The molecule has 0 aliphatic carbocycles. The topological polar surface area (TPSA) is 55.2 Å². The van der Waals surface area contributed by atoms with E-state index in [0.717, 1.165) is 52.1 Å². The first kappa shape index (κ1) is 16.6. The van der Waals surface area contributed by atoms with Crippen LogP contribution in [0.4, 0.5) is 0 Å². The number of unbranched alkanes of at least 4 members (excludes halogenated alkanes) is 3. The highest BCUT2D eigenvalue weighted by Crippen LogP contribution is 2.45. The Bertz CT molecular complexity index is 1010. The van der Waals surface area contributed by atoms with Crippen molar-refractivity contribution in [2.24, 2.45) is 0 Å². The van der Waals surface area contributed by atoms with E-state index in [9.17, 15) is 5.11 Å². The summed E-state index contributed by atoms with van der Waals surface area (Å²) in [5, 5.41) is 10.1. The fraction of sp³-hybridized carbons (Fsp3) is 0.273. The van der Waals surface area contributed by atoms with E-state index in [1.165, 1.54) is 12.8 Å². The minimum atomic E-state index is 0.228. The van der Waals surface area contributed by atoms with Gasteiger partial charge < -0.3 is 9.84 Å². The largest absolute Gasteiger partial charge is 0.508 e. The molecule has 1 aliphatic heterocycles.